The second-order valence-corrected chi connectivity index (χ2v) is 5.40. The quantitative estimate of drug-likeness (QED) is 0.759. The van der Waals surface area contributed by atoms with Crippen LogP contribution in [0.2, 0.25) is 0 Å². The lowest BCUT2D eigenvalue weighted by Gasteiger charge is -2.06. The summed E-state index contributed by atoms with van der Waals surface area (Å²) >= 11 is 0. The highest BCUT2D eigenvalue weighted by Crippen LogP contribution is 2.11. The number of para-hydroxylation sites is 2. The third-order valence-electron chi connectivity index (χ3n) is 3.77. The fraction of sp³-hybridized carbons (Fsp3) is 0.222. The van der Waals surface area contributed by atoms with Crippen molar-refractivity contribution in [2.24, 2.45) is 0 Å². The van der Waals surface area contributed by atoms with Crippen LogP contribution in [0, 0.1) is 6.92 Å². The van der Waals surface area contributed by atoms with Crippen molar-refractivity contribution < 1.29 is 4.79 Å². The maximum absolute atomic E-state index is 12.0. The molecule has 0 unspecified atom stereocenters. The molecule has 0 atom stereocenters. The normalized spacial score (nSPS) is 10.8. The summed E-state index contributed by atoms with van der Waals surface area (Å²) in [4.78, 5) is 19.6. The van der Waals surface area contributed by atoms with E-state index < -0.39 is 0 Å². The summed E-state index contributed by atoms with van der Waals surface area (Å²) in [5.74, 6) is 0.828. The van der Waals surface area contributed by atoms with Gasteiger partial charge in [-0.25, -0.2) is 4.98 Å². The average Bonchev–Trinajstić information content (AvgIpc) is 2.95. The first-order valence-electron chi connectivity index (χ1n) is 7.47. The molecular weight excluding hydrogens is 274 g/mol. The Bertz CT molecular complexity index is 759. The van der Waals surface area contributed by atoms with E-state index >= 15 is 0 Å². The van der Waals surface area contributed by atoms with Gasteiger partial charge in [-0.1, -0.05) is 36.4 Å². The van der Waals surface area contributed by atoms with Crippen LogP contribution in [-0.2, 0) is 17.8 Å². The molecule has 2 N–H and O–H groups in total. The van der Waals surface area contributed by atoms with Gasteiger partial charge in [0.25, 0.3) is 0 Å². The molecule has 0 bridgehead atoms. The summed E-state index contributed by atoms with van der Waals surface area (Å²) < 4.78 is 0. The second-order valence-electron chi connectivity index (χ2n) is 5.40. The van der Waals surface area contributed by atoms with Crippen molar-refractivity contribution in [3.05, 3.63) is 65.5 Å². The third-order valence-corrected chi connectivity index (χ3v) is 3.77. The van der Waals surface area contributed by atoms with Gasteiger partial charge >= 0.3 is 0 Å². The molecule has 112 valence electrons. The number of aryl methyl sites for hydroxylation is 2. The van der Waals surface area contributed by atoms with Gasteiger partial charge in [0.1, 0.15) is 5.82 Å². The molecule has 4 nitrogen and oxygen atoms in total. The average molecular weight is 293 g/mol. The molecule has 2 aromatic carbocycles. The molecule has 0 saturated heterocycles. The van der Waals surface area contributed by atoms with Crippen LogP contribution in [0.25, 0.3) is 11.0 Å². The Hall–Kier alpha value is -2.62. The minimum atomic E-state index is 0.0451. The summed E-state index contributed by atoms with van der Waals surface area (Å²) in [6, 6.07) is 16.0. The van der Waals surface area contributed by atoms with Crippen LogP contribution in [0.15, 0.2) is 48.5 Å². The minimum Gasteiger partial charge on any atom is -0.349 e. The highest BCUT2D eigenvalue weighted by atomic mass is 16.1. The van der Waals surface area contributed by atoms with Crippen molar-refractivity contribution >= 4 is 16.9 Å². The number of carbonyl (C=O) groups excluding carboxylic acids is 1. The van der Waals surface area contributed by atoms with E-state index in [1.54, 1.807) is 0 Å². The van der Waals surface area contributed by atoms with E-state index in [0.717, 1.165) is 23.3 Å². The molecule has 1 heterocycles. The number of benzene rings is 2. The number of hydrogen-bond acceptors (Lipinski definition) is 2. The van der Waals surface area contributed by atoms with Gasteiger partial charge in [-0.3, -0.25) is 4.79 Å². The number of nitrogens with one attached hydrogen (secondary N) is 2. The number of H-pyrrole nitrogens is 1. The number of hydrogen-bond donors (Lipinski definition) is 2. The van der Waals surface area contributed by atoms with Crippen molar-refractivity contribution in [2.75, 3.05) is 0 Å². The lowest BCUT2D eigenvalue weighted by molar-refractivity contribution is -0.121. The Balaban J connectivity index is 1.53. The number of aromatic amines is 1. The van der Waals surface area contributed by atoms with Gasteiger partial charge < -0.3 is 10.3 Å². The van der Waals surface area contributed by atoms with Crippen molar-refractivity contribution in [3.63, 3.8) is 0 Å². The summed E-state index contributed by atoms with van der Waals surface area (Å²) in [7, 11) is 0. The highest BCUT2D eigenvalue weighted by Gasteiger charge is 2.06. The first kappa shape index (κ1) is 14.3. The number of aromatic nitrogens is 2. The molecule has 1 amide bonds. The van der Waals surface area contributed by atoms with Crippen LogP contribution in [0.3, 0.4) is 0 Å². The molecule has 0 spiro atoms. The maximum atomic E-state index is 12.0. The van der Waals surface area contributed by atoms with Crippen molar-refractivity contribution in [2.45, 2.75) is 26.3 Å². The second kappa shape index (κ2) is 6.43. The van der Waals surface area contributed by atoms with Crippen LogP contribution in [0.1, 0.15) is 23.4 Å². The van der Waals surface area contributed by atoms with Gasteiger partial charge in [-0.05, 0) is 36.6 Å². The first-order chi connectivity index (χ1) is 10.7. The zero-order valence-electron chi connectivity index (χ0n) is 12.6. The van der Waals surface area contributed by atoms with E-state index in [2.05, 4.69) is 34.3 Å². The predicted octanol–water partition coefficient (Wildman–Crippen LogP) is 3.12. The standard InChI is InChI=1S/C18H19N3O/c1-13-6-2-3-7-14(13)10-11-18(22)19-12-17-20-15-8-4-5-9-16(15)21-17/h2-9H,10-12H2,1H3,(H,19,22)(H,20,21). The number of fused-ring (bicyclic) bond motifs is 1. The fourth-order valence-corrected chi connectivity index (χ4v) is 2.50. The molecule has 0 saturated carbocycles. The first-order valence-corrected chi connectivity index (χ1v) is 7.47. The lowest BCUT2D eigenvalue weighted by atomic mass is 10.0. The number of rotatable bonds is 5. The van der Waals surface area contributed by atoms with E-state index in [9.17, 15) is 4.79 Å². The van der Waals surface area contributed by atoms with E-state index in [4.69, 9.17) is 0 Å². The summed E-state index contributed by atoms with van der Waals surface area (Å²) in [5, 5.41) is 2.92. The van der Waals surface area contributed by atoms with Gasteiger partial charge in [0.2, 0.25) is 5.91 Å². The minimum absolute atomic E-state index is 0.0451. The zero-order chi connectivity index (χ0) is 15.4. The van der Waals surface area contributed by atoms with Gasteiger partial charge in [0, 0.05) is 6.42 Å². The molecule has 22 heavy (non-hydrogen) atoms. The van der Waals surface area contributed by atoms with Gasteiger partial charge in [-0.2, -0.15) is 0 Å². The Kier molecular flexibility index (Phi) is 4.19. The van der Waals surface area contributed by atoms with E-state index in [1.165, 1.54) is 11.1 Å². The van der Waals surface area contributed by atoms with Crippen LogP contribution in [0.4, 0.5) is 0 Å². The van der Waals surface area contributed by atoms with Gasteiger partial charge in [0.15, 0.2) is 0 Å². The predicted molar refractivity (Wildman–Crippen MR) is 87.4 cm³/mol. The van der Waals surface area contributed by atoms with Crippen molar-refractivity contribution in [3.8, 4) is 0 Å². The number of amides is 1. The van der Waals surface area contributed by atoms with E-state index in [1.807, 2.05) is 36.4 Å². The Morgan fingerprint density at radius 2 is 1.91 bits per heavy atom. The van der Waals surface area contributed by atoms with E-state index in [0.29, 0.717) is 13.0 Å². The van der Waals surface area contributed by atoms with Gasteiger partial charge in [0.05, 0.1) is 17.6 Å². The molecular formula is C18H19N3O. The van der Waals surface area contributed by atoms with Gasteiger partial charge in [-0.15, -0.1) is 0 Å². The molecule has 0 aliphatic heterocycles. The molecule has 1 aromatic heterocycles. The fourth-order valence-electron chi connectivity index (χ4n) is 2.50. The summed E-state index contributed by atoms with van der Waals surface area (Å²) in [5.41, 5.74) is 4.37. The molecule has 0 aliphatic carbocycles. The van der Waals surface area contributed by atoms with Crippen LogP contribution < -0.4 is 5.32 Å². The molecule has 0 fully saturated rings. The van der Waals surface area contributed by atoms with E-state index in [-0.39, 0.29) is 5.91 Å². The smallest absolute Gasteiger partial charge is 0.220 e. The zero-order valence-corrected chi connectivity index (χ0v) is 12.6. The third kappa shape index (κ3) is 3.34. The lowest BCUT2D eigenvalue weighted by Crippen LogP contribution is -2.23. The molecule has 3 rings (SSSR count). The monoisotopic (exact) mass is 293 g/mol. The topological polar surface area (TPSA) is 57.8 Å². The molecule has 3 aromatic rings. The molecule has 4 heteroatoms. The van der Waals surface area contributed by atoms with Crippen LogP contribution in [-0.4, -0.2) is 15.9 Å². The van der Waals surface area contributed by atoms with Crippen LogP contribution >= 0.6 is 0 Å². The Morgan fingerprint density at radius 3 is 2.73 bits per heavy atom. The summed E-state index contributed by atoms with van der Waals surface area (Å²) in [6.07, 6.45) is 1.25. The van der Waals surface area contributed by atoms with Crippen molar-refractivity contribution in [1.82, 2.24) is 15.3 Å². The Morgan fingerprint density at radius 1 is 1.14 bits per heavy atom. The molecule has 0 radical (unpaired) electrons. The number of imidazole rings is 1. The maximum Gasteiger partial charge on any atom is 0.220 e. The highest BCUT2D eigenvalue weighted by molar-refractivity contribution is 5.77. The number of carbonyl (C=O) groups is 1. The largest absolute Gasteiger partial charge is 0.349 e. The Labute approximate surface area is 129 Å². The van der Waals surface area contributed by atoms with Crippen LogP contribution in [0.5, 0.6) is 0 Å². The number of nitrogens with zero attached hydrogens (tertiary/aromatic N) is 1. The molecule has 0 aliphatic rings. The SMILES string of the molecule is Cc1ccccc1CCC(=O)NCc1nc2ccccc2[nH]1. The van der Waals surface area contributed by atoms with Crippen molar-refractivity contribution in [1.29, 1.82) is 0 Å². The summed E-state index contributed by atoms with van der Waals surface area (Å²) in [6.45, 7) is 2.50.